The molecule has 1 aliphatic carbocycles. The first-order valence-electron chi connectivity index (χ1n) is 3.32. The summed E-state index contributed by atoms with van der Waals surface area (Å²) in [6.45, 7) is 3.83. The van der Waals surface area contributed by atoms with Crippen LogP contribution in [0.5, 0.6) is 0 Å². The van der Waals surface area contributed by atoms with Crippen LogP contribution in [0.1, 0.15) is 25.7 Å². The molecule has 1 fully saturated rings. The summed E-state index contributed by atoms with van der Waals surface area (Å²) >= 11 is 0. The van der Waals surface area contributed by atoms with E-state index in [-0.39, 0.29) is 6.10 Å². The lowest BCUT2D eigenvalue weighted by Gasteiger charge is -2.23. The van der Waals surface area contributed by atoms with Crippen LogP contribution in [0, 0.1) is 12.8 Å². The molecule has 2 atom stereocenters. The second kappa shape index (κ2) is 2.49. The summed E-state index contributed by atoms with van der Waals surface area (Å²) in [5.41, 5.74) is 0. The first-order valence-corrected chi connectivity index (χ1v) is 3.32. The van der Waals surface area contributed by atoms with Crippen LogP contribution in [0.25, 0.3) is 0 Å². The third kappa shape index (κ3) is 1.22. The summed E-state index contributed by atoms with van der Waals surface area (Å²) in [7, 11) is 0. The summed E-state index contributed by atoms with van der Waals surface area (Å²) in [6, 6.07) is 0. The quantitative estimate of drug-likeness (QED) is 0.503. The Bertz CT molecular complexity index is 60.8. The molecule has 47 valence electrons. The Morgan fingerprint density at radius 1 is 1.25 bits per heavy atom. The van der Waals surface area contributed by atoms with E-state index in [9.17, 15) is 0 Å². The van der Waals surface area contributed by atoms with E-state index in [1.807, 2.05) is 0 Å². The minimum atomic E-state index is -0.108. The van der Waals surface area contributed by atoms with Crippen LogP contribution in [0.15, 0.2) is 0 Å². The van der Waals surface area contributed by atoms with Crippen molar-refractivity contribution in [2.75, 3.05) is 0 Å². The van der Waals surface area contributed by atoms with Crippen molar-refractivity contribution < 1.29 is 5.11 Å². The number of aliphatic hydroxyl groups excluding tert-OH is 1. The molecule has 1 rings (SSSR count). The average molecular weight is 113 g/mol. The number of rotatable bonds is 0. The van der Waals surface area contributed by atoms with E-state index in [1.54, 1.807) is 0 Å². The molecule has 1 unspecified atom stereocenters. The summed E-state index contributed by atoms with van der Waals surface area (Å²) in [5.74, 6) is 0.309. The van der Waals surface area contributed by atoms with Crippen LogP contribution >= 0.6 is 0 Å². The van der Waals surface area contributed by atoms with E-state index >= 15 is 0 Å². The molecular formula is C7H13O. The van der Waals surface area contributed by atoms with Crippen LogP contribution < -0.4 is 0 Å². The lowest BCUT2D eigenvalue weighted by Crippen LogP contribution is -2.21. The molecule has 1 N–H and O–H groups in total. The smallest absolute Gasteiger partial charge is 0.0568 e. The summed E-state index contributed by atoms with van der Waals surface area (Å²) in [4.78, 5) is 0. The van der Waals surface area contributed by atoms with E-state index in [4.69, 9.17) is 5.11 Å². The van der Waals surface area contributed by atoms with Crippen molar-refractivity contribution in [1.82, 2.24) is 0 Å². The minimum Gasteiger partial charge on any atom is -0.393 e. The van der Waals surface area contributed by atoms with Crippen molar-refractivity contribution in [3.05, 3.63) is 6.92 Å². The molecule has 0 aliphatic heterocycles. The maximum Gasteiger partial charge on any atom is 0.0568 e. The fourth-order valence-corrected chi connectivity index (χ4v) is 1.19. The van der Waals surface area contributed by atoms with E-state index in [0.29, 0.717) is 5.92 Å². The van der Waals surface area contributed by atoms with Gasteiger partial charge in [-0.3, -0.25) is 0 Å². The van der Waals surface area contributed by atoms with Gasteiger partial charge in [0.05, 0.1) is 6.10 Å². The van der Waals surface area contributed by atoms with Gasteiger partial charge in [-0.05, 0) is 25.7 Å². The lowest BCUT2D eigenvalue weighted by molar-refractivity contribution is 0.0915. The van der Waals surface area contributed by atoms with Gasteiger partial charge in [-0.25, -0.2) is 0 Å². The normalized spacial score (nSPS) is 39.8. The Kier molecular flexibility index (Phi) is 1.90. The van der Waals surface area contributed by atoms with Crippen molar-refractivity contribution in [1.29, 1.82) is 0 Å². The number of hydrogen-bond donors (Lipinski definition) is 1. The van der Waals surface area contributed by atoms with E-state index in [2.05, 4.69) is 6.92 Å². The highest BCUT2D eigenvalue weighted by Gasteiger charge is 2.17. The molecule has 1 saturated carbocycles. The fraction of sp³-hybridized carbons (Fsp3) is 0.857. The van der Waals surface area contributed by atoms with Gasteiger partial charge in [0.15, 0.2) is 0 Å². The Labute approximate surface area is 50.7 Å². The molecule has 0 aromatic rings. The molecule has 0 spiro atoms. The molecule has 0 heterocycles. The number of hydrogen-bond acceptors (Lipinski definition) is 1. The Morgan fingerprint density at radius 3 is 2.25 bits per heavy atom. The first-order chi connectivity index (χ1) is 3.80. The molecule has 0 saturated heterocycles. The van der Waals surface area contributed by atoms with Gasteiger partial charge in [0, 0.05) is 0 Å². The molecule has 1 aliphatic rings. The van der Waals surface area contributed by atoms with Crippen molar-refractivity contribution in [2.45, 2.75) is 31.8 Å². The van der Waals surface area contributed by atoms with Gasteiger partial charge < -0.3 is 5.11 Å². The lowest BCUT2D eigenvalue weighted by atomic mass is 9.88. The monoisotopic (exact) mass is 113 g/mol. The predicted octanol–water partition coefficient (Wildman–Crippen LogP) is 1.37. The van der Waals surface area contributed by atoms with Crippen molar-refractivity contribution >= 4 is 0 Å². The summed E-state index contributed by atoms with van der Waals surface area (Å²) in [6.07, 6.45) is 4.41. The van der Waals surface area contributed by atoms with Gasteiger partial charge in [0.25, 0.3) is 0 Å². The van der Waals surface area contributed by atoms with E-state index in [0.717, 1.165) is 12.8 Å². The zero-order valence-corrected chi connectivity index (χ0v) is 5.14. The topological polar surface area (TPSA) is 20.2 Å². The molecule has 1 heteroatoms. The second-order valence-corrected chi connectivity index (χ2v) is 2.61. The molecule has 1 nitrogen and oxygen atoms in total. The Balaban J connectivity index is 2.28. The molecule has 0 amide bonds. The van der Waals surface area contributed by atoms with Crippen molar-refractivity contribution in [2.24, 2.45) is 5.92 Å². The second-order valence-electron chi connectivity index (χ2n) is 2.61. The van der Waals surface area contributed by atoms with Crippen LogP contribution in [0.4, 0.5) is 0 Å². The number of aliphatic hydroxyl groups is 1. The highest BCUT2D eigenvalue weighted by Crippen LogP contribution is 2.22. The van der Waals surface area contributed by atoms with Crippen molar-refractivity contribution in [3.63, 3.8) is 0 Å². The SMILES string of the molecule is [CH2]C1CCCC[C@@H]1O. The Morgan fingerprint density at radius 2 is 1.88 bits per heavy atom. The third-order valence-corrected chi connectivity index (χ3v) is 1.87. The highest BCUT2D eigenvalue weighted by molar-refractivity contribution is 4.75. The van der Waals surface area contributed by atoms with Crippen LogP contribution in [0.3, 0.4) is 0 Å². The average Bonchev–Trinajstić information content (AvgIpc) is 1.77. The minimum absolute atomic E-state index is 0.108. The van der Waals surface area contributed by atoms with Crippen LogP contribution in [0.2, 0.25) is 0 Å². The molecular weight excluding hydrogens is 100 g/mol. The molecule has 0 aromatic heterocycles. The van der Waals surface area contributed by atoms with E-state index < -0.39 is 0 Å². The maximum absolute atomic E-state index is 9.12. The maximum atomic E-state index is 9.12. The van der Waals surface area contributed by atoms with Crippen molar-refractivity contribution in [3.8, 4) is 0 Å². The predicted molar refractivity (Wildman–Crippen MR) is 33.3 cm³/mol. The van der Waals surface area contributed by atoms with E-state index in [1.165, 1.54) is 12.8 Å². The van der Waals surface area contributed by atoms with Gasteiger partial charge in [-0.1, -0.05) is 12.8 Å². The van der Waals surface area contributed by atoms with Gasteiger partial charge in [0.1, 0.15) is 0 Å². The zero-order valence-electron chi connectivity index (χ0n) is 5.14. The molecule has 1 radical (unpaired) electrons. The van der Waals surface area contributed by atoms with Crippen LogP contribution in [-0.2, 0) is 0 Å². The fourth-order valence-electron chi connectivity index (χ4n) is 1.19. The highest BCUT2D eigenvalue weighted by atomic mass is 16.3. The Hall–Kier alpha value is -0.0400. The third-order valence-electron chi connectivity index (χ3n) is 1.87. The zero-order chi connectivity index (χ0) is 5.98. The molecule has 0 bridgehead atoms. The molecule has 8 heavy (non-hydrogen) atoms. The van der Waals surface area contributed by atoms with Gasteiger partial charge >= 0.3 is 0 Å². The summed E-state index contributed by atoms with van der Waals surface area (Å²) in [5, 5.41) is 9.12. The first kappa shape index (κ1) is 6.09. The molecule has 0 aromatic carbocycles. The van der Waals surface area contributed by atoms with Gasteiger partial charge in [-0.2, -0.15) is 0 Å². The standard InChI is InChI=1S/C7H13O/c1-6-4-2-3-5-7(6)8/h6-8H,1-5H2/t6?,7-/m0/s1. The van der Waals surface area contributed by atoms with Gasteiger partial charge in [-0.15, -0.1) is 0 Å². The summed E-state index contributed by atoms with van der Waals surface area (Å²) < 4.78 is 0. The van der Waals surface area contributed by atoms with Gasteiger partial charge in [0.2, 0.25) is 0 Å². The van der Waals surface area contributed by atoms with Crippen LogP contribution in [-0.4, -0.2) is 11.2 Å². The largest absolute Gasteiger partial charge is 0.393 e.